The van der Waals surface area contributed by atoms with Gasteiger partial charge in [0.1, 0.15) is 5.82 Å². The van der Waals surface area contributed by atoms with Crippen LogP contribution in [0.5, 0.6) is 0 Å². The molecule has 2 N–H and O–H groups in total. The number of carbonyl (C=O) groups is 1. The van der Waals surface area contributed by atoms with Gasteiger partial charge in [-0.25, -0.2) is 9.78 Å². The van der Waals surface area contributed by atoms with Gasteiger partial charge in [0, 0.05) is 18.8 Å². The van der Waals surface area contributed by atoms with Crippen molar-refractivity contribution in [2.45, 2.75) is 32.6 Å². The van der Waals surface area contributed by atoms with E-state index < -0.39 is 5.97 Å². The summed E-state index contributed by atoms with van der Waals surface area (Å²) in [5.74, 6) is 0.395. The molecule has 1 fully saturated rings. The summed E-state index contributed by atoms with van der Waals surface area (Å²) < 4.78 is 5.44. The molecule has 1 aliphatic heterocycles. The Morgan fingerprint density at radius 2 is 2.35 bits per heavy atom. The minimum atomic E-state index is -0.918. The minimum absolute atomic E-state index is 0.202. The fourth-order valence-electron chi connectivity index (χ4n) is 2.28. The second-order valence-electron chi connectivity index (χ2n) is 5.59. The Hall–Kier alpha value is -1.62. The molecule has 0 amide bonds. The Labute approximate surface area is 119 Å². The van der Waals surface area contributed by atoms with Gasteiger partial charge in [-0.1, -0.05) is 13.8 Å². The largest absolute Gasteiger partial charge is 0.478 e. The maximum atomic E-state index is 11.2. The molecule has 1 aromatic heterocycles. The molecular formula is C15H22N2O3. The summed E-state index contributed by atoms with van der Waals surface area (Å²) in [5.41, 5.74) is 1.08. The summed E-state index contributed by atoms with van der Waals surface area (Å²) in [6, 6.07) is 3.24. The van der Waals surface area contributed by atoms with E-state index in [4.69, 9.17) is 9.84 Å². The van der Waals surface area contributed by atoms with Gasteiger partial charge in [0.15, 0.2) is 0 Å². The van der Waals surface area contributed by atoms with Gasteiger partial charge in [0.25, 0.3) is 0 Å². The number of anilines is 1. The molecule has 110 valence electrons. The standard InChI is InChI=1S/C15H22N2O3/c1-10(2)13-6-12(15(18)19)7-14(17-13)16-8-11-4-3-5-20-9-11/h6-7,10-11H,3-5,8-9H2,1-2H3,(H,16,17)(H,18,19). The molecule has 1 aromatic rings. The van der Waals surface area contributed by atoms with Gasteiger partial charge in [0.05, 0.1) is 12.2 Å². The maximum absolute atomic E-state index is 11.2. The predicted octanol–water partition coefficient (Wildman–Crippen LogP) is 2.74. The fourth-order valence-corrected chi connectivity index (χ4v) is 2.28. The number of carboxylic acids is 1. The lowest BCUT2D eigenvalue weighted by molar-refractivity contribution is 0.0594. The van der Waals surface area contributed by atoms with Crippen molar-refractivity contribution in [2.75, 3.05) is 25.1 Å². The number of ether oxygens (including phenoxy) is 1. The molecule has 0 bridgehead atoms. The molecule has 1 atom stereocenters. The van der Waals surface area contributed by atoms with Gasteiger partial charge < -0.3 is 15.2 Å². The number of nitrogens with zero attached hydrogens (tertiary/aromatic N) is 1. The van der Waals surface area contributed by atoms with E-state index >= 15 is 0 Å². The average Bonchev–Trinajstić information content (AvgIpc) is 2.45. The molecule has 0 spiro atoms. The van der Waals surface area contributed by atoms with E-state index in [0.29, 0.717) is 11.7 Å². The highest BCUT2D eigenvalue weighted by atomic mass is 16.5. The molecule has 0 saturated carbocycles. The summed E-state index contributed by atoms with van der Waals surface area (Å²) in [4.78, 5) is 15.6. The molecular weight excluding hydrogens is 256 g/mol. The highest BCUT2D eigenvalue weighted by molar-refractivity contribution is 5.88. The number of aromatic carboxylic acids is 1. The molecule has 5 heteroatoms. The van der Waals surface area contributed by atoms with E-state index in [1.807, 2.05) is 13.8 Å². The van der Waals surface area contributed by atoms with Crippen LogP contribution in [-0.4, -0.2) is 35.8 Å². The number of pyridine rings is 1. The lowest BCUT2D eigenvalue weighted by Crippen LogP contribution is -2.24. The predicted molar refractivity (Wildman–Crippen MR) is 77.3 cm³/mol. The van der Waals surface area contributed by atoms with Crippen molar-refractivity contribution in [1.29, 1.82) is 0 Å². The van der Waals surface area contributed by atoms with Crippen molar-refractivity contribution in [3.05, 3.63) is 23.4 Å². The molecule has 2 rings (SSSR count). The smallest absolute Gasteiger partial charge is 0.335 e. The van der Waals surface area contributed by atoms with E-state index in [1.54, 1.807) is 12.1 Å². The number of hydrogen-bond donors (Lipinski definition) is 2. The normalized spacial score (nSPS) is 19.1. The third-order valence-electron chi connectivity index (χ3n) is 3.51. The van der Waals surface area contributed by atoms with Crippen LogP contribution < -0.4 is 5.32 Å². The quantitative estimate of drug-likeness (QED) is 0.866. The third-order valence-corrected chi connectivity index (χ3v) is 3.51. The Bertz CT molecular complexity index is 468. The van der Waals surface area contributed by atoms with E-state index in [1.165, 1.54) is 0 Å². The molecule has 2 heterocycles. The summed E-state index contributed by atoms with van der Waals surface area (Å²) in [7, 11) is 0. The number of carboxylic acid groups (broad SMARTS) is 1. The van der Waals surface area contributed by atoms with Crippen molar-refractivity contribution in [1.82, 2.24) is 4.98 Å². The first-order valence-corrected chi connectivity index (χ1v) is 7.13. The molecule has 0 radical (unpaired) electrons. The van der Waals surface area contributed by atoms with Crippen LogP contribution in [0.2, 0.25) is 0 Å². The Morgan fingerprint density at radius 3 is 2.95 bits per heavy atom. The van der Waals surface area contributed by atoms with Crippen molar-refractivity contribution >= 4 is 11.8 Å². The first kappa shape index (κ1) is 14.8. The van der Waals surface area contributed by atoms with Crippen LogP contribution in [0, 0.1) is 5.92 Å². The van der Waals surface area contributed by atoms with Crippen LogP contribution in [0.4, 0.5) is 5.82 Å². The van der Waals surface area contributed by atoms with Crippen LogP contribution in [-0.2, 0) is 4.74 Å². The van der Waals surface area contributed by atoms with Crippen LogP contribution in [0.3, 0.4) is 0 Å². The van der Waals surface area contributed by atoms with E-state index in [2.05, 4.69) is 10.3 Å². The monoisotopic (exact) mass is 278 g/mol. The molecule has 5 nitrogen and oxygen atoms in total. The van der Waals surface area contributed by atoms with Gasteiger partial charge in [-0.15, -0.1) is 0 Å². The molecule has 1 unspecified atom stereocenters. The number of hydrogen-bond acceptors (Lipinski definition) is 4. The van der Waals surface area contributed by atoms with Crippen LogP contribution in [0.15, 0.2) is 12.1 Å². The van der Waals surface area contributed by atoms with Crippen molar-refractivity contribution in [2.24, 2.45) is 5.92 Å². The molecule has 20 heavy (non-hydrogen) atoms. The highest BCUT2D eigenvalue weighted by Gasteiger charge is 2.15. The van der Waals surface area contributed by atoms with Crippen LogP contribution >= 0.6 is 0 Å². The lowest BCUT2D eigenvalue weighted by atomic mass is 10.0. The highest BCUT2D eigenvalue weighted by Crippen LogP contribution is 2.19. The molecule has 1 saturated heterocycles. The lowest BCUT2D eigenvalue weighted by Gasteiger charge is -2.22. The SMILES string of the molecule is CC(C)c1cc(C(=O)O)cc(NCC2CCCOC2)n1. The first-order valence-electron chi connectivity index (χ1n) is 7.13. The van der Waals surface area contributed by atoms with Crippen LogP contribution in [0.25, 0.3) is 0 Å². The second-order valence-corrected chi connectivity index (χ2v) is 5.59. The van der Waals surface area contributed by atoms with Gasteiger partial charge in [-0.3, -0.25) is 0 Å². The first-order chi connectivity index (χ1) is 9.56. The molecule has 0 aromatic carbocycles. The topological polar surface area (TPSA) is 71.5 Å². The van der Waals surface area contributed by atoms with Gasteiger partial charge in [0.2, 0.25) is 0 Å². The zero-order valence-corrected chi connectivity index (χ0v) is 12.1. The minimum Gasteiger partial charge on any atom is -0.478 e. The molecule has 0 aliphatic carbocycles. The van der Waals surface area contributed by atoms with Gasteiger partial charge in [-0.05, 0) is 36.8 Å². The van der Waals surface area contributed by atoms with Gasteiger partial charge in [-0.2, -0.15) is 0 Å². The summed E-state index contributed by atoms with van der Waals surface area (Å²) in [5, 5.41) is 12.4. The summed E-state index contributed by atoms with van der Waals surface area (Å²) >= 11 is 0. The zero-order valence-electron chi connectivity index (χ0n) is 12.1. The van der Waals surface area contributed by atoms with E-state index in [-0.39, 0.29) is 11.5 Å². The second kappa shape index (κ2) is 6.70. The molecule has 1 aliphatic rings. The fraction of sp³-hybridized carbons (Fsp3) is 0.600. The Balaban J connectivity index is 2.07. The van der Waals surface area contributed by atoms with Crippen molar-refractivity contribution in [3.8, 4) is 0 Å². The summed E-state index contributed by atoms with van der Waals surface area (Å²) in [6.07, 6.45) is 2.23. The Morgan fingerprint density at radius 1 is 1.55 bits per heavy atom. The number of nitrogens with one attached hydrogen (secondary N) is 1. The van der Waals surface area contributed by atoms with Crippen molar-refractivity contribution < 1.29 is 14.6 Å². The number of rotatable bonds is 5. The van der Waals surface area contributed by atoms with E-state index in [0.717, 1.165) is 38.3 Å². The van der Waals surface area contributed by atoms with Gasteiger partial charge >= 0.3 is 5.97 Å². The average molecular weight is 278 g/mol. The van der Waals surface area contributed by atoms with E-state index in [9.17, 15) is 4.79 Å². The third kappa shape index (κ3) is 3.93. The number of aromatic nitrogens is 1. The maximum Gasteiger partial charge on any atom is 0.335 e. The van der Waals surface area contributed by atoms with Crippen molar-refractivity contribution in [3.63, 3.8) is 0 Å². The zero-order chi connectivity index (χ0) is 14.5. The Kier molecular flexibility index (Phi) is 4.95. The summed E-state index contributed by atoms with van der Waals surface area (Å²) in [6.45, 7) is 6.40. The van der Waals surface area contributed by atoms with Crippen LogP contribution in [0.1, 0.15) is 48.7 Å².